The molecular formula is C28H40O2. The summed E-state index contributed by atoms with van der Waals surface area (Å²) in [4.78, 5) is 0. The zero-order valence-corrected chi connectivity index (χ0v) is 19.6. The second-order valence-corrected chi connectivity index (χ2v) is 9.03. The predicted molar refractivity (Wildman–Crippen MR) is 129 cm³/mol. The number of phenolic OH excluding ortho intramolecular Hbond substituents is 1. The number of rotatable bonds is 6. The van der Waals surface area contributed by atoms with Gasteiger partial charge in [0.05, 0.1) is 6.26 Å². The summed E-state index contributed by atoms with van der Waals surface area (Å²) >= 11 is 0. The van der Waals surface area contributed by atoms with Crippen LogP contribution in [0.2, 0.25) is 0 Å². The average Bonchev–Trinajstić information content (AvgIpc) is 3.17. The number of benzene rings is 2. The third-order valence-electron chi connectivity index (χ3n) is 4.26. The Morgan fingerprint density at radius 1 is 0.600 bits per heavy atom. The topological polar surface area (TPSA) is 33.4 Å². The van der Waals surface area contributed by atoms with E-state index in [1.807, 2.05) is 24.3 Å². The van der Waals surface area contributed by atoms with Crippen LogP contribution in [0.5, 0.6) is 5.75 Å². The molecule has 0 aliphatic heterocycles. The van der Waals surface area contributed by atoms with Gasteiger partial charge in [-0.25, -0.2) is 0 Å². The molecule has 0 amide bonds. The Morgan fingerprint density at radius 2 is 1.10 bits per heavy atom. The Morgan fingerprint density at radius 3 is 1.53 bits per heavy atom. The van der Waals surface area contributed by atoms with Gasteiger partial charge in [0, 0.05) is 6.42 Å². The zero-order valence-electron chi connectivity index (χ0n) is 19.6. The highest BCUT2D eigenvalue weighted by atomic mass is 16.3. The van der Waals surface area contributed by atoms with Crippen molar-refractivity contribution in [3.8, 4) is 5.75 Å². The van der Waals surface area contributed by atoms with Crippen LogP contribution in [0.3, 0.4) is 0 Å². The molecule has 0 aliphatic carbocycles. The molecule has 1 heterocycles. The van der Waals surface area contributed by atoms with Crippen LogP contribution in [0.15, 0.2) is 77.4 Å². The Balaban J connectivity index is 0.000000226. The standard InChI is InChI=1S/C10H14O.C10H14.C8H12O/c1-8(2)7-9-3-5-10(11)6-4-9;1-9(2)8-10-6-4-3-5-7-10;1-7(2)6-8-4-3-5-9-8/h3-6,8,11H,7H2,1-2H3;3-7,9H,8H2,1-2H3;3-5,7H,6H2,1-2H3. The van der Waals surface area contributed by atoms with Crippen molar-refractivity contribution in [1.29, 1.82) is 0 Å². The maximum Gasteiger partial charge on any atom is 0.115 e. The molecule has 1 N–H and O–H groups in total. The molecule has 2 nitrogen and oxygen atoms in total. The molecule has 3 rings (SSSR count). The van der Waals surface area contributed by atoms with Gasteiger partial charge in [-0.1, -0.05) is 84.0 Å². The van der Waals surface area contributed by atoms with Gasteiger partial charge in [0.25, 0.3) is 0 Å². The summed E-state index contributed by atoms with van der Waals surface area (Å²) in [5.74, 6) is 3.57. The van der Waals surface area contributed by atoms with E-state index in [1.54, 1.807) is 18.4 Å². The molecule has 0 radical (unpaired) electrons. The van der Waals surface area contributed by atoms with Crippen molar-refractivity contribution in [1.82, 2.24) is 0 Å². The normalized spacial score (nSPS) is 10.4. The highest BCUT2D eigenvalue weighted by Gasteiger charge is 1.98. The van der Waals surface area contributed by atoms with Gasteiger partial charge in [-0.05, 0) is 66.0 Å². The quantitative estimate of drug-likeness (QED) is 0.449. The molecular weight excluding hydrogens is 368 g/mol. The number of furan rings is 1. The Hall–Kier alpha value is -2.48. The third kappa shape index (κ3) is 12.9. The Labute approximate surface area is 184 Å². The van der Waals surface area contributed by atoms with Gasteiger partial charge in [0.2, 0.25) is 0 Å². The molecule has 0 fully saturated rings. The zero-order chi connectivity index (χ0) is 22.4. The van der Waals surface area contributed by atoms with Crippen LogP contribution in [0.1, 0.15) is 58.4 Å². The van der Waals surface area contributed by atoms with Crippen molar-refractivity contribution in [2.45, 2.75) is 60.8 Å². The first-order valence-corrected chi connectivity index (χ1v) is 11.1. The minimum absolute atomic E-state index is 0.345. The summed E-state index contributed by atoms with van der Waals surface area (Å²) in [7, 11) is 0. The maximum atomic E-state index is 8.99. The van der Waals surface area contributed by atoms with E-state index >= 15 is 0 Å². The van der Waals surface area contributed by atoms with Crippen LogP contribution in [0.25, 0.3) is 0 Å². The molecule has 2 heteroatoms. The lowest BCUT2D eigenvalue weighted by atomic mass is 10.0. The number of hydrogen-bond donors (Lipinski definition) is 1. The lowest BCUT2D eigenvalue weighted by Crippen LogP contribution is -1.92. The minimum atomic E-state index is 0.345. The third-order valence-corrected chi connectivity index (χ3v) is 4.26. The average molecular weight is 409 g/mol. The summed E-state index contributed by atoms with van der Waals surface area (Å²) in [6.45, 7) is 13.2. The fraction of sp³-hybridized carbons (Fsp3) is 0.429. The molecule has 0 atom stereocenters. The van der Waals surface area contributed by atoms with Crippen LogP contribution in [-0.2, 0) is 19.3 Å². The molecule has 3 aromatic rings. The molecule has 0 spiro atoms. The van der Waals surface area contributed by atoms with E-state index in [1.165, 1.54) is 17.5 Å². The summed E-state index contributed by atoms with van der Waals surface area (Å²) in [5, 5.41) is 8.99. The van der Waals surface area contributed by atoms with E-state index in [0.29, 0.717) is 17.6 Å². The summed E-state index contributed by atoms with van der Waals surface area (Å²) < 4.78 is 5.14. The lowest BCUT2D eigenvalue weighted by Gasteiger charge is -2.03. The summed E-state index contributed by atoms with van der Waals surface area (Å²) in [6, 6.07) is 22.0. The van der Waals surface area contributed by atoms with Crippen molar-refractivity contribution >= 4 is 0 Å². The fourth-order valence-corrected chi connectivity index (χ4v) is 3.02. The van der Waals surface area contributed by atoms with Crippen molar-refractivity contribution < 1.29 is 9.52 Å². The van der Waals surface area contributed by atoms with Gasteiger partial charge in [-0.15, -0.1) is 0 Å². The molecule has 0 bridgehead atoms. The molecule has 0 saturated heterocycles. The second-order valence-electron chi connectivity index (χ2n) is 9.03. The molecule has 2 aromatic carbocycles. The number of aromatic hydroxyl groups is 1. The maximum absolute atomic E-state index is 8.99. The highest BCUT2D eigenvalue weighted by molar-refractivity contribution is 5.26. The molecule has 0 aliphatic rings. The molecule has 1 aromatic heterocycles. The van der Waals surface area contributed by atoms with E-state index in [-0.39, 0.29) is 0 Å². The van der Waals surface area contributed by atoms with Crippen molar-refractivity contribution in [2.24, 2.45) is 17.8 Å². The van der Waals surface area contributed by atoms with E-state index in [2.05, 4.69) is 71.9 Å². The van der Waals surface area contributed by atoms with E-state index < -0.39 is 0 Å². The van der Waals surface area contributed by atoms with Gasteiger partial charge >= 0.3 is 0 Å². The van der Waals surface area contributed by atoms with Crippen LogP contribution in [0.4, 0.5) is 0 Å². The monoisotopic (exact) mass is 408 g/mol. The molecule has 30 heavy (non-hydrogen) atoms. The SMILES string of the molecule is CC(C)Cc1ccc(O)cc1.CC(C)Cc1ccccc1.CC(C)Cc1ccco1. The first kappa shape index (κ1) is 25.6. The van der Waals surface area contributed by atoms with Gasteiger partial charge in [-0.2, -0.15) is 0 Å². The van der Waals surface area contributed by atoms with Crippen LogP contribution < -0.4 is 0 Å². The predicted octanol–water partition coefficient (Wildman–Crippen LogP) is 7.95. The molecule has 0 saturated carbocycles. The summed E-state index contributed by atoms with van der Waals surface area (Å²) in [6.07, 6.45) is 5.05. The van der Waals surface area contributed by atoms with Gasteiger partial charge < -0.3 is 9.52 Å². The second kappa shape index (κ2) is 14.5. The van der Waals surface area contributed by atoms with Crippen LogP contribution >= 0.6 is 0 Å². The van der Waals surface area contributed by atoms with Gasteiger partial charge in [0.15, 0.2) is 0 Å². The Bertz CT molecular complexity index is 754. The highest BCUT2D eigenvalue weighted by Crippen LogP contribution is 2.12. The number of phenols is 1. The first-order chi connectivity index (χ1) is 14.3. The van der Waals surface area contributed by atoms with Crippen LogP contribution in [-0.4, -0.2) is 5.11 Å². The van der Waals surface area contributed by atoms with E-state index in [9.17, 15) is 0 Å². The molecule has 164 valence electrons. The van der Waals surface area contributed by atoms with Gasteiger partial charge in [0.1, 0.15) is 11.5 Å². The van der Waals surface area contributed by atoms with E-state index in [0.717, 1.165) is 24.5 Å². The summed E-state index contributed by atoms with van der Waals surface area (Å²) in [5.41, 5.74) is 2.73. The van der Waals surface area contributed by atoms with Crippen molar-refractivity contribution in [3.05, 3.63) is 89.9 Å². The fourth-order valence-electron chi connectivity index (χ4n) is 3.02. The van der Waals surface area contributed by atoms with E-state index in [4.69, 9.17) is 9.52 Å². The Kier molecular flexibility index (Phi) is 12.3. The van der Waals surface area contributed by atoms with Crippen molar-refractivity contribution in [2.75, 3.05) is 0 Å². The van der Waals surface area contributed by atoms with Crippen molar-refractivity contribution in [3.63, 3.8) is 0 Å². The number of hydrogen-bond acceptors (Lipinski definition) is 2. The molecule has 0 unspecified atom stereocenters. The smallest absolute Gasteiger partial charge is 0.115 e. The lowest BCUT2D eigenvalue weighted by molar-refractivity contribution is 0.472. The largest absolute Gasteiger partial charge is 0.508 e. The van der Waals surface area contributed by atoms with Crippen LogP contribution in [0, 0.1) is 17.8 Å². The minimum Gasteiger partial charge on any atom is -0.508 e. The first-order valence-electron chi connectivity index (χ1n) is 11.1. The van der Waals surface area contributed by atoms with Gasteiger partial charge in [-0.3, -0.25) is 0 Å².